The SMILES string of the molecule is COCCCOCCC(CCl)c1cccc(F)c1. The zero-order chi connectivity index (χ0) is 13.2. The van der Waals surface area contributed by atoms with E-state index in [-0.39, 0.29) is 11.7 Å². The fourth-order valence-electron chi connectivity index (χ4n) is 1.73. The van der Waals surface area contributed by atoms with Gasteiger partial charge in [0.2, 0.25) is 0 Å². The van der Waals surface area contributed by atoms with Gasteiger partial charge in [0.15, 0.2) is 0 Å². The minimum Gasteiger partial charge on any atom is -0.385 e. The quantitative estimate of drug-likeness (QED) is 0.506. The summed E-state index contributed by atoms with van der Waals surface area (Å²) >= 11 is 5.92. The van der Waals surface area contributed by atoms with Crippen LogP contribution in [0.3, 0.4) is 0 Å². The van der Waals surface area contributed by atoms with Gasteiger partial charge >= 0.3 is 0 Å². The molecule has 1 unspecified atom stereocenters. The highest BCUT2D eigenvalue weighted by molar-refractivity contribution is 6.18. The van der Waals surface area contributed by atoms with E-state index in [1.165, 1.54) is 12.1 Å². The van der Waals surface area contributed by atoms with Crippen molar-refractivity contribution in [2.75, 3.05) is 32.8 Å². The second kappa shape index (κ2) is 9.31. The predicted octanol–water partition coefficient (Wildman–Crippen LogP) is 3.59. The van der Waals surface area contributed by atoms with Crippen LogP contribution in [-0.2, 0) is 9.47 Å². The number of benzene rings is 1. The van der Waals surface area contributed by atoms with Crippen LogP contribution in [0.15, 0.2) is 24.3 Å². The third-order valence-electron chi connectivity index (χ3n) is 2.75. The Morgan fingerprint density at radius 3 is 2.78 bits per heavy atom. The maximum Gasteiger partial charge on any atom is 0.123 e. The highest BCUT2D eigenvalue weighted by atomic mass is 35.5. The Bertz CT molecular complexity index is 333. The number of halogens is 2. The van der Waals surface area contributed by atoms with Gasteiger partial charge in [-0.05, 0) is 36.5 Å². The molecule has 18 heavy (non-hydrogen) atoms. The van der Waals surface area contributed by atoms with Crippen LogP contribution < -0.4 is 0 Å². The van der Waals surface area contributed by atoms with E-state index in [1.807, 2.05) is 6.07 Å². The molecule has 0 amide bonds. The summed E-state index contributed by atoms with van der Waals surface area (Å²) in [5.74, 6) is 0.402. The van der Waals surface area contributed by atoms with Crippen molar-refractivity contribution in [3.05, 3.63) is 35.6 Å². The van der Waals surface area contributed by atoms with Gasteiger partial charge in [-0.2, -0.15) is 0 Å². The van der Waals surface area contributed by atoms with Crippen molar-refractivity contribution in [1.29, 1.82) is 0 Å². The summed E-state index contributed by atoms with van der Waals surface area (Å²) in [6.07, 6.45) is 1.70. The Labute approximate surface area is 113 Å². The van der Waals surface area contributed by atoms with Crippen LogP contribution in [0.25, 0.3) is 0 Å². The molecule has 0 heterocycles. The maximum atomic E-state index is 13.1. The first-order chi connectivity index (χ1) is 8.77. The van der Waals surface area contributed by atoms with Crippen LogP contribution >= 0.6 is 11.6 Å². The summed E-state index contributed by atoms with van der Waals surface area (Å²) < 4.78 is 23.5. The van der Waals surface area contributed by atoms with Crippen molar-refractivity contribution in [3.63, 3.8) is 0 Å². The van der Waals surface area contributed by atoms with Crippen molar-refractivity contribution in [2.45, 2.75) is 18.8 Å². The van der Waals surface area contributed by atoms with Crippen LogP contribution in [0.5, 0.6) is 0 Å². The van der Waals surface area contributed by atoms with Crippen molar-refractivity contribution in [1.82, 2.24) is 0 Å². The van der Waals surface area contributed by atoms with Crippen molar-refractivity contribution in [2.24, 2.45) is 0 Å². The topological polar surface area (TPSA) is 18.5 Å². The molecule has 1 rings (SSSR count). The van der Waals surface area contributed by atoms with E-state index in [9.17, 15) is 4.39 Å². The lowest BCUT2D eigenvalue weighted by Gasteiger charge is -2.14. The van der Waals surface area contributed by atoms with E-state index in [0.717, 1.165) is 18.4 Å². The normalized spacial score (nSPS) is 12.6. The lowest BCUT2D eigenvalue weighted by Crippen LogP contribution is -2.07. The Morgan fingerprint density at radius 1 is 1.28 bits per heavy atom. The van der Waals surface area contributed by atoms with E-state index < -0.39 is 0 Å². The second-order valence-corrected chi connectivity index (χ2v) is 4.46. The molecule has 0 N–H and O–H groups in total. The van der Waals surface area contributed by atoms with Crippen LogP contribution in [0.2, 0.25) is 0 Å². The molecule has 0 aromatic heterocycles. The van der Waals surface area contributed by atoms with Crippen LogP contribution in [0.1, 0.15) is 24.3 Å². The molecule has 2 nitrogen and oxygen atoms in total. The van der Waals surface area contributed by atoms with E-state index in [4.69, 9.17) is 21.1 Å². The highest BCUT2D eigenvalue weighted by Crippen LogP contribution is 2.21. The fourth-order valence-corrected chi connectivity index (χ4v) is 2.06. The van der Waals surface area contributed by atoms with E-state index in [2.05, 4.69) is 0 Å². The summed E-state index contributed by atoms with van der Waals surface area (Å²) in [6.45, 7) is 2.03. The minimum absolute atomic E-state index is 0.143. The van der Waals surface area contributed by atoms with E-state index in [1.54, 1.807) is 13.2 Å². The van der Waals surface area contributed by atoms with E-state index in [0.29, 0.717) is 25.7 Å². The zero-order valence-electron chi connectivity index (χ0n) is 10.7. The van der Waals surface area contributed by atoms with Gasteiger partial charge in [-0.1, -0.05) is 12.1 Å². The van der Waals surface area contributed by atoms with Crippen LogP contribution in [-0.4, -0.2) is 32.8 Å². The summed E-state index contributed by atoms with van der Waals surface area (Å²) in [6, 6.07) is 6.60. The Morgan fingerprint density at radius 2 is 2.11 bits per heavy atom. The lowest BCUT2D eigenvalue weighted by molar-refractivity contribution is 0.0989. The molecular formula is C14H20ClFO2. The molecule has 0 radical (unpaired) electrons. The maximum absolute atomic E-state index is 13.1. The van der Waals surface area contributed by atoms with Gasteiger partial charge in [0.1, 0.15) is 5.82 Å². The molecule has 1 aromatic carbocycles. The van der Waals surface area contributed by atoms with Gasteiger partial charge < -0.3 is 9.47 Å². The molecule has 102 valence electrons. The molecule has 0 saturated heterocycles. The zero-order valence-corrected chi connectivity index (χ0v) is 11.5. The first-order valence-electron chi connectivity index (χ1n) is 6.16. The standard InChI is InChI=1S/C14H20ClFO2/c1-17-7-3-8-18-9-6-13(11-15)12-4-2-5-14(16)10-12/h2,4-5,10,13H,3,6-9,11H2,1H3. The molecule has 0 aliphatic rings. The average molecular weight is 275 g/mol. The number of ether oxygens (including phenoxy) is 2. The molecule has 0 spiro atoms. The van der Waals surface area contributed by atoms with Gasteiger partial charge in [-0.15, -0.1) is 11.6 Å². The van der Waals surface area contributed by atoms with Crippen LogP contribution in [0.4, 0.5) is 4.39 Å². The third kappa shape index (κ3) is 5.80. The molecular weight excluding hydrogens is 255 g/mol. The molecule has 0 saturated carbocycles. The van der Waals surface area contributed by atoms with Gasteiger partial charge in [0.05, 0.1) is 0 Å². The molecule has 0 bridgehead atoms. The highest BCUT2D eigenvalue weighted by Gasteiger charge is 2.10. The van der Waals surface area contributed by atoms with E-state index >= 15 is 0 Å². The molecule has 0 aliphatic heterocycles. The van der Waals surface area contributed by atoms with Gasteiger partial charge in [-0.3, -0.25) is 0 Å². The predicted molar refractivity (Wildman–Crippen MR) is 71.8 cm³/mol. The lowest BCUT2D eigenvalue weighted by atomic mass is 9.98. The molecule has 0 aliphatic carbocycles. The second-order valence-electron chi connectivity index (χ2n) is 4.15. The first kappa shape index (κ1) is 15.4. The monoisotopic (exact) mass is 274 g/mol. The summed E-state index contributed by atoms with van der Waals surface area (Å²) in [4.78, 5) is 0. The average Bonchev–Trinajstić information content (AvgIpc) is 2.38. The number of hydrogen-bond donors (Lipinski definition) is 0. The largest absolute Gasteiger partial charge is 0.385 e. The first-order valence-corrected chi connectivity index (χ1v) is 6.69. The summed E-state index contributed by atoms with van der Waals surface area (Å²) in [5.41, 5.74) is 0.936. The molecule has 4 heteroatoms. The molecule has 1 atom stereocenters. The smallest absolute Gasteiger partial charge is 0.123 e. The minimum atomic E-state index is -0.219. The Kier molecular flexibility index (Phi) is 7.98. The Hall–Kier alpha value is -0.640. The van der Waals surface area contributed by atoms with Crippen molar-refractivity contribution in [3.8, 4) is 0 Å². The number of methoxy groups -OCH3 is 1. The summed E-state index contributed by atoms with van der Waals surface area (Å²) in [5, 5.41) is 0. The number of rotatable bonds is 9. The fraction of sp³-hybridized carbons (Fsp3) is 0.571. The summed E-state index contributed by atoms with van der Waals surface area (Å²) in [7, 11) is 1.67. The van der Waals surface area contributed by atoms with Crippen molar-refractivity contribution >= 4 is 11.6 Å². The molecule has 1 aromatic rings. The molecule has 0 fully saturated rings. The Balaban J connectivity index is 2.29. The van der Waals surface area contributed by atoms with Crippen molar-refractivity contribution < 1.29 is 13.9 Å². The van der Waals surface area contributed by atoms with Crippen LogP contribution in [0, 0.1) is 5.82 Å². The van der Waals surface area contributed by atoms with Gasteiger partial charge in [-0.25, -0.2) is 4.39 Å². The number of alkyl halides is 1. The van der Waals surface area contributed by atoms with Gasteiger partial charge in [0, 0.05) is 32.8 Å². The van der Waals surface area contributed by atoms with Gasteiger partial charge in [0.25, 0.3) is 0 Å². The number of hydrogen-bond acceptors (Lipinski definition) is 2. The third-order valence-corrected chi connectivity index (χ3v) is 3.13.